The number of carbonyl (C=O) groups excluding carboxylic acids is 1. The monoisotopic (exact) mass is 341 g/mol. The molecule has 25 heavy (non-hydrogen) atoms. The van der Waals surface area contributed by atoms with Crippen molar-refractivity contribution in [2.45, 2.75) is 44.7 Å². The number of nitrogens with zero attached hydrogens (tertiary/aromatic N) is 3. The molecule has 1 aromatic heterocycles. The molecule has 2 saturated heterocycles. The fourth-order valence-electron chi connectivity index (χ4n) is 4.30. The maximum Gasteiger partial charge on any atom is 0.255 e. The molecule has 0 spiro atoms. The third-order valence-electron chi connectivity index (χ3n) is 5.72. The van der Waals surface area contributed by atoms with Gasteiger partial charge in [-0.05, 0) is 63.4 Å². The minimum Gasteiger partial charge on any atom is -0.338 e. The molecule has 0 radical (unpaired) electrons. The van der Waals surface area contributed by atoms with Crippen LogP contribution in [-0.4, -0.2) is 52.4 Å². The van der Waals surface area contributed by atoms with Crippen LogP contribution in [0, 0.1) is 5.82 Å². The first-order chi connectivity index (χ1) is 12.1. The number of amides is 1. The lowest BCUT2D eigenvalue weighted by molar-refractivity contribution is 0.0611. The molecule has 2 aliphatic heterocycles. The Morgan fingerprint density at radius 2 is 1.96 bits per heavy atom. The standard InChI is InChI=1S/C20H24FN3O/c1-14-3-2-8-24(14)18-6-9-23(10-7-18)20(25)16-11-15-12-17(21)4-5-19(15)22-13-16/h4-5,11-14,18H,2-3,6-10H2,1H3/t14-/m1/s1. The van der Waals surface area contributed by atoms with Gasteiger partial charge in [0.1, 0.15) is 5.82 Å². The number of hydrogen-bond acceptors (Lipinski definition) is 3. The van der Waals surface area contributed by atoms with Gasteiger partial charge in [-0.3, -0.25) is 14.7 Å². The van der Waals surface area contributed by atoms with Gasteiger partial charge in [0.15, 0.2) is 0 Å². The van der Waals surface area contributed by atoms with Crippen LogP contribution in [0.15, 0.2) is 30.5 Å². The number of piperidine rings is 1. The summed E-state index contributed by atoms with van der Waals surface area (Å²) in [5, 5.41) is 0.673. The van der Waals surface area contributed by atoms with Crippen LogP contribution in [0.4, 0.5) is 4.39 Å². The van der Waals surface area contributed by atoms with E-state index < -0.39 is 0 Å². The van der Waals surface area contributed by atoms with E-state index in [1.807, 2.05) is 4.90 Å². The van der Waals surface area contributed by atoms with E-state index in [2.05, 4.69) is 16.8 Å². The molecule has 4 rings (SSSR count). The van der Waals surface area contributed by atoms with Gasteiger partial charge in [0.25, 0.3) is 5.91 Å². The number of likely N-dealkylation sites (tertiary alicyclic amines) is 2. The average Bonchev–Trinajstić information content (AvgIpc) is 3.06. The summed E-state index contributed by atoms with van der Waals surface area (Å²) in [7, 11) is 0. The van der Waals surface area contributed by atoms with Crippen molar-refractivity contribution in [3.8, 4) is 0 Å². The number of pyridine rings is 1. The summed E-state index contributed by atoms with van der Waals surface area (Å²) >= 11 is 0. The van der Waals surface area contributed by atoms with Gasteiger partial charge < -0.3 is 4.90 Å². The smallest absolute Gasteiger partial charge is 0.255 e. The average molecular weight is 341 g/mol. The van der Waals surface area contributed by atoms with Crippen molar-refractivity contribution in [3.05, 3.63) is 41.8 Å². The van der Waals surface area contributed by atoms with Crippen LogP contribution >= 0.6 is 0 Å². The highest BCUT2D eigenvalue weighted by Gasteiger charge is 2.31. The van der Waals surface area contributed by atoms with Crippen molar-refractivity contribution in [3.63, 3.8) is 0 Å². The van der Waals surface area contributed by atoms with Gasteiger partial charge in [-0.25, -0.2) is 4.39 Å². The second kappa shape index (κ2) is 6.71. The van der Waals surface area contributed by atoms with Gasteiger partial charge >= 0.3 is 0 Å². The Morgan fingerprint density at radius 1 is 1.16 bits per heavy atom. The largest absolute Gasteiger partial charge is 0.338 e. The fourth-order valence-corrected chi connectivity index (χ4v) is 4.30. The molecule has 0 N–H and O–H groups in total. The van der Waals surface area contributed by atoms with Crippen molar-refractivity contribution >= 4 is 16.8 Å². The highest BCUT2D eigenvalue weighted by Crippen LogP contribution is 2.26. The predicted molar refractivity (Wildman–Crippen MR) is 96.0 cm³/mol. The van der Waals surface area contributed by atoms with Crippen molar-refractivity contribution in [2.24, 2.45) is 0 Å². The van der Waals surface area contributed by atoms with E-state index in [0.717, 1.165) is 25.9 Å². The van der Waals surface area contributed by atoms with Gasteiger partial charge in [-0.2, -0.15) is 0 Å². The van der Waals surface area contributed by atoms with Crippen LogP contribution in [0.1, 0.15) is 43.0 Å². The number of rotatable bonds is 2. The van der Waals surface area contributed by atoms with E-state index >= 15 is 0 Å². The van der Waals surface area contributed by atoms with Crippen LogP contribution in [0.25, 0.3) is 10.9 Å². The number of hydrogen-bond donors (Lipinski definition) is 0. The molecule has 0 bridgehead atoms. The van der Waals surface area contributed by atoms with E-state index in [1.54, 1.807) is 18.3 Å². The Kier molecular flexibility index (Phi) is 4.42. The Labute approximate surface area is 147 Å². The molecule has 2 fully saturated rings. The summed E-state index contributed by atoms with van der Waals surface area (Å²) in [6, 6.07) is 7.49. The number of fused-ring (bicyclic) bond motifs is 1. The van der Waals surface area contributed by atoms with Crippen LogP contribution in [0.2, 0.25) is 0 Å². The molecule has 1 aromatic carbocycles. The molecule has 1 atom stereocenters. The second-order valence-electron chi connectivity index (χ2n) is 7.31. The third kappa shape index (κ3) is 3.25. The first kappa shape index (κ1) is 16.5. The zero-order valence-corrected chi connectivity index (χ0v) is 14.6. The maximum atomic E-state index is 13.4. The van der Waals surface area contributed by atoms with Gasteiger partial charge in [0.2, 0.25) is 0 Å². The van der Waals surface area contributed by atoms with Crippen LogP contribution in [-0.2, 0) is 0 Å². The molecule has 5 heteroatoms. The minimum absolute atomic E-state index is 0.00609. The lowest BCUT2D eigenvalue weighted by Gasteiger charge is -2.38. The first-order valence-corrected chi connectivity index (χ1v) is 9.22. The molecule has 3 heterocycles. The molecular formula is C20H24FN3O. The summed E-state index contributed by atoms with van der Waals surface area (Å²) in [6.45, 7) is 5.08. The van der Waals surface area contributed by atoms with Crippen molar-refractivity contribution in [1.29, 1.82) is 0 Å². The van der Waals surface area contributed by atoms with E-state index in [9.17, 15) is 9.18 Å². The van der Waals surface area contributed by atoms with Crippen molar-refractivity contribution < 1.29 is 9.18 Å². The Balaban J connectivity index is 1.45. The van der Waals surface area contributed by atoms with Gasteiger partial charge in [0.05, 0.1) is 11.1 Å². The zero-order valence-electron chi connectivity index (χ0n) is 14.6. The van der Waals surface area contributed by atoms with Crippen LogP contribution in [0.5, 0.6) is 0 Å². The fraction of sp³-hybridized carbons (Fsp3) is 0.500. The Hall–Kier alpha value is -2.01. The first-order valence-electron chi connectivity index (χ1n) is 9.22. The summed E-state index contributed by atoms with van der Waals surface area (Å²) in [5.74, 6) is -0.300. The molecule has 4 nitrogen and oxygen atoms in total. The molecule has 2 aliphatic rings. The Morgan fingerprint density at radius 3 is 2.68 bits per heavy atom. The van der Waals surface area contributed by atoms with E-state index in [4.69, 9.17) is 0 Å². The lowest BCUT2D eigenvalue weighted by atomic mass is 10.0. The van der Waals surface area contributed by atoms with Gasteiger partial charge in [-0.1, -0.05) is 0 Å². The third-order valence-corrected chi connectivity index (χ3v) is 5.72. The topological polar surface area (TPSA) is 36.4 Å². The van der Waals surface area contributed by atoms with E-state index in [1.165, 1.54) is 31.5 Å². The molecule has 1 amide bonds. The van der Waals surface area contributed by atoms with Crippen LogP contribution in [0.3, 0.4) is 0 Å². The molecule has 132 valence electrons. The number of aromatic nitrogens is 1. The molecule has 0 aliphatic carbocycles. The molecule has 0 saturated carbocycles. The molecule has 2 aromatic rings. The number of benzene rings is 1. The van der Waals surface area contributed by atoms with Crippen LogP contribution < -0.4 is 0 Å². The van der Waals surface area contributed by atoms with Crippen molar-refractivity contribution in [2.75, 3.05) is 19.6 Å². The number of carbonyl (C=O) groups is 1. The zero-order chi connectivity index (χ0) is 17.4. The maximum absolute atomic E-state index is 13.4. The van der Waals surface area contributed by atoms with Crippen molar-refractivity contribution in [1.82, 2.24) is 14.8 Å². The molecule has 0 unspecified atom stereocenters. The normalized spacial score (nSPS) is 22.6. The second-order valence-corrected chi connectivity index (χ2v) is 7.31. The SMILES string of the molecule is C[C@@H]1CCCN1C1CCN(C(=O)c2cnc3ccc(F)cc3c2)CC1. The highest BCUT2D eigenvalue weighted by molar-refractivity contribution is 5.97. The minimum atomic E-state index is -0.306. The predicted octanol–water partition coefficient (Wildman–Crippen LogP) is 3.46. The summed E-state index contributed by atoms with van der Waals surface area (Å²) in [6.07, 6.45) is 6.26. The summed E-state index contributed by atoms with van der Waals surface area (Å²) < 4.78 is 13.4. The van der Waals surface area contributed by atoms with E-state index in [-0.39, 0.29) is 11.7 Å². The van der Waals surface area contributed by atoms with Gasteiger partial charge in [-0.15, -0.1) is 0 Å². The lowest BCUT2D eigenvalue weighted by Crippen LogP contribution is -2.47. The quantitative estimate of drug-likeness (QED) is 0.839. The van der Waals surface area contributed by atoms with E-state index in [0.29, 0.717) is 28.6 Å². The summed E-state index contributed by atoms with van der Waals surface area (Å²) in [5.41, 5.74) is 1.26. The molecular weight excluding hydrogens is 317 g/mol. The summed E-state index contributed by atoms with van der Waals surface area (Å²) in [4.78, 5) is 21.6. The Bertz CT molecular complexity index is 786. The number of halogens is 1. The van der Waals surface area contributed by atoms with Gasteiger partial charge in [0, 0.05) is 36.8 Å². The highest BCUT2D eigenvalue weighted by atomic mass is 19.1.